The Morgan fingerprint density at radius 3 is 2.30 bits per heavy atom. The molecule has 3 aromatic carbocycles. The molecule has 0 atom stereocenters. The van der Waals surface area contributed by atoms with Crippen molar-refractivity contribution in [1.29, 1.82) is 0 Å². The summed E-state index contributed by atoms with van der Waals surface area (Å²) in [4.78, 5) is 22.2. The summed E-state index contributed by atoms with van der Waals surface area (Å²) in [5, 5.41) is 0. The molecule has 4 aromatic rings. The van der Waals surface area contributed by atoms with Gasteiger partial charge >= 0.3 is 6.18 Å². The fraction of sp³-hybridized carbons (Fsp3) is 0.241. The molecule has 190 valence electrons. The van der Waals surface area contributed by atoms with Crippen LogP contribution in [0.1, 0.15) is 33.5 Å². The molecule has 0 aliphatic carbocycles. The first kappa shape index (κ1) is 24.8. The second-order valence-electron chi connectivity index (χ2n) is 9.44. The number of rotatable bonds is 5. The minimum Gasteiger partial charge on any atom is -0.298 e. The molecule has 5 nitrogen and oxygen atoms in total. The number of aromatic nitrogens is 2. The number of hydrogen-bond donors (Lipinski definition) is 0. The van der Waals surface area contributed by atoms with Crippen molar-refractivity contribution in [2.45, 2.75) is 39.7 Å². The molecule has 1 aliphatic rings. The van der Waals surface area contributed by atoms with Gasteiger partial charge in [-0.15, -0.1) is 0 Å². The summed E-state index contributed by atoms with van der Waals surface area (Å²) >= 11 is 0. The normalized spacial score (nSPS) is 14.0. The third kappa shape index (κ3) is 5.29. The van der Waals surface area contributed by atoms with E-state index in [0.29, 0.717) is 42.5 Å². The van der Waals surface area contributed by atoms with Crippen LogP contribution in [0.3, 0.4) is 0 Å². The first-order valence-corrected chi connectivity index (χ1v) is 12.1. The zero-order valence-electron chi connectivity index (χ0n) is 20.7. The molecule has 1 aromatic heterocycles. The van der Waals surface area contributed by atoms with Gasteiger partial charge in [0.05, 0.1) is 24.6 Å². The first-order chi connectivity index (χ1) is 17.7. The fourth-order valence-corrected chi connectivity index (χ4v) is 4.63. The third-order valence-corrected chi connectivity index (χ3v) is 6.61. The maximum Gasteiger partial charge on any atom is 0.416 e. The van der Waals surface area contributed by atoms with Crippen molar-refractivity contribution in [2.75, 3.05) is 11.6 Å². The van der Waals surface area contributed by atoms with Gasteiger partial charge < -0.3 is 0 Å². The maximum atomic E-state index is 13.8. The van der Waals surface area contributed by atoms with Crippen LogP contribution >= 0.6 is 0 Å². The van der Waals surface area contributed by atoms with Crippen LogP contribution in [0.2, 0.25) is 0 Å². The van der Waals surface area contributed by atoms with Gasteiger partial charge in [0.1, 0.15) is 0 Å². The molecule has 0 unspecified atom stereocenters. The molecule has 1 aliphatic heterocycles. The van der Waals surface area contributed by atoms with E-state index in [4.69, 9.17) is 4.98 Å². The Morgan fingerprint density at radius 2 is 1.59 bits per heavy atom. The second-order valence-corrected chi connectivity index (χ2v) is 9.44. The number of aryl methyl sites for hydroxylation is 2. The van der Waals surface area contributed by atoms with E-state index in [0.717, 1.165) is 28.8 Å². The lowest BCUT2D eigenvalue weighted by atomic mass is 10.1. The van der Waals surface area contributed by atoms with Crippen LogP contribution in [-0.2, 0) is 25.8 Å². The standard InChI is InChI=1S/C29H27F3N4O/c1-20-11-13-23(14-12-20)17-34-18-35(25-10-6-9-24(16-25)29(30,31)32)28-33-21(2)26(27(37)36(28)19-34)15-22-7-4-3-5-8-22/h3-14,16H,15,17-19H2,1-2H3. The Bertz CT molecular complexity index is 1460. The molecule has 0 spiro atoms. The predicted octanol–water partition coefficient (Wildman–Crippen LogP) is 6.04. The summed E-state index contributed by atoms with van der Waals surface area (Å²) in [6.07, 6.45) is -4.05. The van der Waals surface area contributed by atoms with Crippen LogP contribution in [-0.4, -0.2) is 21.1 Å². The second kappa shape index (κ2) is 9.86. The lowest BCUT2D eigenvalue weighted by Crippen LogP contribution is -2.47. The van der Waals surface area contributed by atoms with Gasteiger partial charge in [-0.1, -0.05) is 66.2 Å². The minimum absolute atomic E-state index is 0.183. The Morgan fingerprint density at radius 1 is 0.865 bits per heavy atom. The van der Waals surface area contributed by atoms with E-state index in [9.17, 15) is 18.0 Å². The molecule has 0 fully saturated rings. The zero-order chi connectivity index (χ0) is 26.2. The van der Waals surface area contributed by atoms with Gasteiger partial charge in [-0.25, -0.2) is 4.98 Å². The summed E-state index contributed by atoms with van der Waals surface area (Å²) in [5.74, 6) is 0.346. The van der Waals surface area contributed by atoms with Gasteiger partial charge in [-0.3, -0.25) is 19.2 Å². The van der Waals surface area contributed by atoms with Crippen LogP contribution in [0.5, 0.6) is 0 Å². The number of hydrogen-bond acceptors (Lipinski definition) is 4. The average molecular weight is 505 g/mol. The smallest absolute Gasteiger partial charge is 0.298 e. The molecule has 0 saturated carbocycles. The summed E-state index contributed by atoms with van der Waals surface area (Å²) in [6, 6.07) is 22.9. The zero-order valence-corrected chi connectivity index (χ0v) is 20.7. The van der Waals surface area contributed by atoms with Crippen LogP contribution in [0, 0.1) is 13.8 Å². The van der Waals surface area contributed by atoms with Crippen molar-refractivity contribution in [3.05, 3.63) is 123 Å². The predicted molar refractivity (Wildman–Crippen MR) is 138 cm³/mol. The Hall–Kier alpha value is -3.91. The molecule has 8 heteroatoms. The number of alkyl halides is 3. The van der Waals surface area contributed by atoms with E-state index < -0.39 is 11.7 Å². The van der Waals surface area contributed by atoms with E-state index in [1.807, 2.05) is 66.4 Å². The van der Waals surface area contributed by atoms with Crippen molar-refractivity contribution in [3.8, 4) is 0 Å². The van der Waals surface area contributed by atoms with Gasteiger partial charge in [0.25, 0.3) is 5.56 Å². The molecule has 0 amide bonds. The summed E-state index contributed by atoms with van der Waals surface area (Å²) < 4.78 is 42.1. The summed E-state index contributed by atoms with van der Waals surface area (Å²) in [6.45, 7) is 4.90. The van der Waals surface area contributed by atoms with E-state index in [1.165, 1.54) is 6.07 Å². The highest BCUT2D eigenvalue weighted by Gasteiger charge is 2.33. The highest BCUT2D eigenvalue weighted by Crippen LogP contribution is 2.34. The van der Waals surface area contributed by atoms with Gasteiger partial charge in [0.15, 0.2) is 0 Å². The molecule has 0 N–H and O–H groups in total. The van der Waals surface area contributed by atoms with Crippen molar-refractivity contribution in [1.82, 2.24) is 14.5 Å². The SMILES string of the molecule is Cc1ccc(CN2CN(c3cccc(C(F)(F)F)c3)c3nc(C)c(Cc4ccccc4)c(=O)n3C2)cc1. The van der Waals surface area contributed by atoms with E-state index in [1.54, 1.807) is 22.5 Å². The van der Waals surface area contributed by atoms with Crippen molar-refractivity contribution in [2.24, 2.45) is 0 Å². The third-order valence-electron chi connectivity index (χ3n) is 6.61. The van der Waals surface area contributed by atoms with Crippen molar-refractivity contribution >= 4 is 11.6 Å². The van der Waals surface area contributed by atoms with E-state index in [2.05, 4.69) is 0 Å². The van der Waals surface area contributed by atoms with Crippen LogP contribution in [0.4, 0.5) is 24.8 Å². The molecule has 0 saturated heterocycles. The minimum atomic E-state index is -4.48. The van der Waals surface area contributed by atoms with Gasteiger partial charge in [-0.05, 0) is 43.2 Å². The molecule has 2 heterocycles. The first-order valence-electron chi connectivity index (χ1n) is 12.1. The van der Waals surface area contributed by atoms with Gasteiger partial charge in [0.2, 0.25) is 5.95 Å². The Kier molecular flexibility index (Phi) is 6.60. The highest BCUT2D eigenvalue weighted by atomic mass is 19.4. The molecular weight excluding hydrogens is 477 g/mol. The number of fused-ring (bicyclic) bond motifs is 1. The van der Waals surface area contributed by atoms with Crippen molar-refractivity contribution in [3.63, 3.8) is 0 Å². The summed E-state index contributed by atoms with van der Waals surface area (Å²) in [5.41, 5.74) is 3.74. The Balaban J connectivity index is 1.59. The highest BCUT2D eigenvalue weighted by molar-refractivity contribution is 5.60. The van der Waals surface area contributed by atoms with E-state index in [-0.39, 0.29) is 12.2 Å². The van der Waals surface area contributed by atoms with Gasteiger partial charge in [0, 0.05) is 24.2 Å². The number of nitrogens with zero attached hydrogens (tertiary/aromatic N) is 4. The maximum absolute atomic E-state index is 13.8. The average Bonchev–Trinajstić information content (AvgIpc) is 2.88. The largest absolute Gasteiger partial charge is 0.416 e. The monoisotopic (exact) mass is 504 g/mol. The lowest BCUT2D eigenvalue weighted by Gasteiger charge is -2.38. The van der Waals surface area contributed by atoms with Crippen molar-refractivity contribution < 1.29 is 13.2 Å². The lowest BCUT2D eigenvalue weighted by molar-refractivity contribution is -0.137. The molecule has 37 heavy (non-hydrogen) atoms. The summed E-state index contributed by atoms with van der Waals surface area (Å²) in [7, 11) is 0. The number of halogens is 3. The molecule has 5 rings (SSSR count). The fourth-order valence-electron chi connectivity index (χ4n) is 4.63. The topological polar surface area (TPSA) is 41.4 Å². The van der Waals surface area contributed by atoms with Gasteiger partial charge in [-0.2, -0.15) is 13.2 Å². The quantitative estimate of drug-likeness (QED) is 0.332. The Labute approximate surface area is 213 Å². The van der Waals surface area contributed by atoms with Crippen LogP contribution in [0.25, 0.3) is 0 Å². The molecule has 0 bridgehead atoms. The van der Waals surface area contributed by atoms with Crippen LogP contribution in [0.15, 0.2) is 83.7 Å². The number of anilines is 2. The molecular formula is C29H27F3N4O. The van der Waals surface area contributed by atoms with Crippen LogP contribution < -0.4 is 10.5 Å². The number of benzene rings is 3. The molecule has 0 radical (unpaired) electrons. The van der Waals surface area contributed by atoms with E-state index >= 15 is 0 Å².